The molecule has 1 aliphatic rings. The van der Waals surface area contributed by atoms with E-state index in [4.69, 9.17) is 0 Å². The molecule has 0 bridgehead atoms. The quantitative estimate of drug-likeness (QED) is 0.844. The molecular weight excluding hydrogens is 356 g/mol. The van der Waals surface area contributed by atoms with Gasteiger partial charge in [-0.25, -0.2) is 4.98 Å². The summed E-state index contributed by atoms with van der Waals surface area (Å²) < 4.78 is 0.887. The number of benzene rings is 1. The van der Waals surface area contributed by atoms with Gasteiger partial charge in [0.05, 0.1) is 6.54 Å². The Morgan fingerprint density at radius 2 is 2.26 bits per heavy atom. The number of nitrogens with one attached hydrogen (secondary N) is 2. The molecule has 1 aliphatic heterocycles. The summed E-state index contributed by atoms with van der Waals surface area (Å²) in [5.74, 6) is 0.497. The van der Waals surface area contributed by atoms with Crippen molar-refractivity contribution in [3.8, 4) is 0 Å². The molecule has 1 aromatic carbocycles. The molecule has 2 heterocycles. The molecular formula is C17H19BrN4O. The van der Waals surface area contributed by atoms with Gasteiger partial charge in [-0.15, -0.1) is 0 Å². The third kappa shape index (κ3) is 4.09. The van der Waals surface area contributed by atoms with Crippen LogP contribution >= 0.6 is 15.9 Å². The van der Waals surface area contributed by atoms with Gasteiger partial charge < -0.3 is 10.6 Å². The highest BCUT2D eigenvalue weighted by Gasteiger charge is 2.15. The number of anilines is 2. The van der Waals surface area contributed by atoms with Gasteiger partial charge in [0.25, 0.3) is 0 Å². The maximum absolute atomic E-state index is 12.1. The number of nitrogens with zero attached hydrogens (tertiary/aromatic N) is 2. The molecule has 120 valence electrons. The minimum Gasteiger partial charge on any atom is -0.384 e. The fourth-order valence-corrected chi connectivity index (χ4v) is 3.00. The second-order valence-electron chi connectivity index (χ2n) is 5.71. The SMILES string of the molecule is CN(CC(=O)Nc1ccc(Br)cn1)Cc1cccc2c1NCC2. The van der Waals surface area contributed by atoms with Crippen LogP contribution in [0.3, 0.4) is 0 Å². The summed E-state index contributed by atoms with van der Waals surface area (Å²) >= 11 is 3.32. The lowest BCUT2D eigenvalue weighted by Crippen LogP contribution is -2.30. The molecule has 0 spiro atoms. The Hall–Kier alpha value is -1.92. The zero-order valence-electron chi connectivity index (χ0n) is 13.0. The minimum absolute atomic E-state index is 0.0668. The first-order valence-electron chi connectivity index (χ1n) is 7.56. The van der Waals surface area contributed by atoms with Gasteiger partial charge >= 0.3 is 0 Å². The van der Waals surface area contributed by atoms with Crippen molar-refractivity contribution < 1.29 is 4.79 Å². The summed E-state index contributed by atoms with van der Waals surface area (Å²) in [6, 6.07) is 9.98. The number of likely N-dealkylation sites (N-methyl/N-ethyl adjacent to an activating group) is 1. The lowest BCUT2D eigenvalue weighted by molar-refractivity contribution is -0.117. The fourth-order valence-electron chi connectivity index (χ4n) is 2.77. The Bertz CT molecular complexity index is 702. The fraction of sp³-hybridized carbons (Fsp3) is 0.294. The Balaban J connectivity index is 1.57. The van der Waals surface area contributed by atoms with E-state index in [0.29, 0.717) is 12.4 Å². The number of carbonyl (C=O) groups excluding carboxylic acids is 1. The number of pyridine rings is 1. The number of aromatic nitrogens is 1. The van der Waals surface area contributed by atoms with Gasteiger partial charge in [0, 0.05) is 29.4 Å². The van der Waals surface area contributed by atoms with Crippen molar-refractivity contribution in [2.45, 2.75) is 13.0 Å². The maximum atomic E-state index is 12.1. The number of amides is 1. The zero-order valence-corrected chi connectivity index (χ0v) is 14.6. The van der Waals surface area contributed by atoms with Crippen LogP contribution in [0.1, 0.15) is 11.1 Å². The first-order valence-corrected chi connectivity index (χ1v) is 8.36. The molecule has 23 heavy (non-hydrogen) atoms. The van der Waals surface area contributed by atoms with Crippen LogP contribution in [0.15, 0.2) is 41.0 Å². The molecule has 0 atom stereocenters. The zero-order chi connectivity index (χ0) is 16.2. The second-order valence-corrected chi connectivity index (χ2v) is 6.63. The van der Waals surface area contributed by atoms with Crippen molar-refractivity contribution in [3.63, 3.8) is 0 Å². The van der Waals surface area contributed by atoms with Crippen LogP contribution in [0.5, 0.6) is 0 Å². The number of carbonyl (C=O) groups is 1. The van der Waals surface area contributed by atoms with E-state index >= 15 is 0 Å². The topological polar surface area (TPSA) is 57.3 Å². The molecule has 1 amide bonds. The van der Waals surface area contributed by atoms with Crippen LogP contribution in [0, 0.1) is 0 Å². The molecule has 2 aromatic rings. The summed E-state index contributed by atoms with van der Waals surface area (Å²) in [7, 11) is 1.95. The average Bonchev–Trinajstić information content (AvgIpc) is 2.99. The van der Waals surface area contributed by atoms with Crippen molar-refractivity contribution in [2.75, 3.05) is 30.8 Å². The van der Waals surface area contributed by atoms with E-state index in [-0.39, 0.29) is 5.91 Å². The molecule has 0 saturated heterocycles. The third-order valence-corrected chi connectivity index (χ3v) is 4.25. The lowest BCUT2D eigenvalue weighted by Gasteiger charge is -2.18. The molecule has 0 aliphatic carbocycles. The molecule has 2 N–H and O–H groups in total. The average molecular weight is 375 g/mol. The van der Waals surface area contributed by atoms with Crippen LogP contribution in [0.25, 0.3) is 0 Å². The summed E-state index contributed by atoms with van der Waals surface area (Å²) in [4.78, 5) is 18.3. The van der Waals surface area contributed by atoms with E-state index in [1.807, 2.05) is 18.0 Å². The van der Waals surface area contributed by atoms with E-state index in [0.717, 1.165) is 24.0 Å². The Labute approximate surface area is 144 Å². The Morgan fingerprint density at radius 1 is 1.39 bits per heavy atom. The van der Waals surface area contributed by atoms with E-state index in [9.17, 15) is 4.79 Å². The number of rotatable bonds is 5. The van der Waals surface area contributed by atoms with Gasteiger partial charge in [0.1, 0.15) is 5.82 Å². The number of halogens is 1. The van der Waals surface area contributed by atoms with Gasteiger partial charge in [-0.2, -0.15) is 0 Å². The van der Waals surface area contributed by atoms with Crippen molar-refractivity contribution in [1.29, 1.82) is 0 Å². The van der Waals surface area contributed by atoms with E-state index in [2.05, 4.69) is 49.7 Å². The van der Waals surface area contributed by atoms with Gasteiger partial charge in [0.2, 0.25) is 5.91 Å². The number of hydrogen-bond donors (Lipinski definition) is 2. The van der Waals surface area contributed by atoms with Gasteiger partial charge in [-0.05, 0) is 52.7 Å². The number of hydrogen-bond acceptors (Lipinski definition) is 4. The van der Waals surface area contributed by atoms with Crippen LogP contribution in [0.4, 0.5) is 11.5 Å². The standard InChI is InChI=1S/C17H19BrN4O/c1-22(10-13-4-2-3-12-7-8-19-17(12)13)11-16(23)21-15-6-5-14(18)9-20-15/h2-6,9,19H,7-8,10-11H2,1H3,(H,20,21,23). The molecule has 5 nitrogen and oxygen atoms in total. The van der Waals surface area contributed by atoms with Crippen molar-refractivity contribution in [2.24, 2.45) is 0 Å². The highest BCUT2D eigenvalue weighted by molar-refractivity contribution is 9.10. The van der Waals surface area contributed by atoms with Gasteiger partial charge in [-0.3, -0.25) is 9.69 Å². The highest BCUT2D eigenvalue weighted by atomic mass is 79.9. The summed E-state index contributed by atoms with van der Waals surface area (Å²) in [5, 5.41) is 6.24. The molecule has 0 fully saturated rings. The monoisotopic (exact) mass is 374 g/mol. The van der Waals surface area contributed by atoms with Gasteiger partial charge in [-0.1, -0.05) is 18.2 Å². The summed E-state index contributed by atoms with van der Waals surface area (Å²) in [6.45, 7) is 2.05. The summed E-state index contributed by atoms with van der Waals surface area (Å²) in [6.07, 6.45) is 2.74. The minimum atomic E-state index is -0.0668. The first-order chi connectivity index (χ1) is 11.1. The molecule has 6 heteroatoms. The number of fused-ring (bicyclic) bond motifs is 1. The normalized spacial score (nSPS) is 12.8. The maximum Gasteiger partial charge on any atom is 0.239 e. The molecule has 1 aromatic heterocycles. The smallest absolute Gasteiger partial charge is 0.239 e. The molecule has 0 saturated carbocycles. The van der Waals surface area contributed by atoms with E-state index < -0.39 is 0 Å². The molecule has 0 radical (unpaired) electrons. The predicted octanol–water partition coefficient (Wildman–Crippen LogP) is 2.88. The number of para-hydroxylation sites is 1. The van der Waals surface area contributed by atoms with E-state index in [1.165, 1.54) is 16.8 Å². The van der Waals surface area contributed by atoms with Crippen molar-refractivity contribution in [1.82, 2.24) is 9.88 Å². The molecule has 3 rings (SSSR count). The lowest BCUT2D eigenvalue weighted by atomic mass is 10.1. The molecule has 0 unspecified atom stereocenters. The highest BCUT2D eigenvalue weighted by Crippen LogP contribution is 2.27. The third-order valence-electron chi connectivity index (χ3n) is 3.78. The van der Waals surface area contributed by atoms with Gasteiger partial charge in [0.15, 0.2) is 0 Å². The Kier molecular flexibility index (Phi) is 4.93. The van der Waals surface area contributed by atoms with Crippen LogP contribution < -0.4 is 10.6 Å². The summed E-state index contributed by atoms with van der Waals surface area (Å²) in [5.41, 5.74) is 3.82. The predicted molar refractivity (Wildman–Crippen MR) is 95.5 cm³/mol. The first kappa shape index (κ1) is 16.0. The van der Waals surface area contributed by atoms with Crippen LogP contribution in [0.2, 0.25) is 0 Å². The Morgan fingerprint density at radius 3 is 3.04 bits per heavy atom. The van der Waals surface area contributed by atoms with E-state index in [1.54, 1.807) is 12.3 Å². The van der Waals surface area contributed by atoms with Crippen molar-refractivity contribution in [3.05, 3.63) is 52.1 Å². The largest absolute Gasteiger partial charge is 0.384 e. The van der Waals surface area contributed by atoms with Crippen molar-refractivity contribution >= 4 is 33.3 Å². The van der Waals surface area contributed by atoms with Crippen LogP contribution in [-0.4, -0.2) is 35.9 Å². The second kappa shape index (κ2) is 7.10. The van der Waals surface area contributed by atoms with Crippen LogP contribution in [-0.2, 0) is 17.8 Å².